The van der Waals surface area contributed by atoms with Gasteiger partial charge in [-0.25, -0.2) is 9.59 Å². The van der Waals surface area contributed by atoms with Crippen molar-refractivity contribution in [3.05, 3.63) is 29.3 Å². The Balaban J connectivity index is 2.28. The number of carboxylic acid groups (broad SMARTS) is 1. The number of fused-ring (bicyclic) bond motifs is 1. The average molecular weight is 291 g/mol. The quantitative estimate of drug-likeness (QED) is 0.851. The zero-order chi connectivity index (χ0) is 15.6. The van der Waals surface area contributed by atoms with Crippen molar-refractivity contribution in [3.63, 3.8) is 0 Å². The van der Waals surface area contributed by atoms with Gasteiger partial charge in [-0.05, 0) is 31.0 Å². The molecule has 21 heavy (non-hydrogen) atoms. The molecule has 1 aromatic carbocycles. The summed E-state index contributed by atoms with van der Waals surface area (Å²) in [6.45, 7) is 2.42. The minimum atomic E-state index is -1.04. The fourth-order valence-corrected chi connectivity index (χ4v) is 2.38. The number of amides is 3. The highest BCUT2D eigenvalue weighted by molar-refractivity contribution is 5.98. The summed E-state index contributed by atoms with van der Waals surface area (Å²) in [5, 5.41) is 9.04. The largest absolute Gasteiger partial charge is 0.478 e. The summed E-state index contributed by atoms with van der Waals surface area (Å²) < 4.78 is 0. The third kappa shape index (κ3) is 2.96. The van der Waals surface area contributed by atoms with Crippen molar-refractivity contribution < 1.29 is 19.5 Å². The number of hydrogen-bond donors (Lipinski definition) is 2. The summed E-state index contributed by atoms with van der Waals surface area (Å²) in [7, 11) is 0. The Hall–Kier alpha value is -2.57. The van der Waals surface area contributed by atoms with E-state index in [9.17, 15) is 14.4 Å². The number of nitrogens with two attached hydrogens (primary N) is 1. The van der Waals surface area contributed by atoms with Crippen molar-refractivity contribution in [2.24, 2.45) is 5.73 Å². The molecule has 0 saturated heterocycles. The number of carboxylic acids is 1. The lowest BCUT2D eigenvalue weighted by molar-refractivity contribution is -0.118. The van der Waals surface area contributed by atoms with Crippen molar-refractivity contribution in [3.8, 4) is 0 Å². The number of carbonyl (C=O) groups is 3. The Morgan fingerprint density at radius 1 is 1.38 bits per heavy atom. The number of nitrogens with zero attached hydrogens (tertiary/aromatic N) is 2. The molecular formula is C14H17N3O4. The zero-order valence-electron chi connectivity index (χ0n) is 11.7. The van der Waals surface area contributed by atoms with Crippen LogP contribution in [0.15, 0.2) is 18.2 Å². The van der Waals surface area contributed by atoms with E-state index >= 15 is 0 Å². The van der Waals surface area contributed by atoms with Crippen LogP contribution < -0.4 is 10.6 Å². The second kappa shape index (κ2) is 5.82. The third-order valence-corrected chi connectivity index (χ3v) is 3.46. The van der Waals surface area contributed by atoms with Crippen LogP contribution in [0.5, 0.6) is 0 Å². The van der Waals surface area contributed by atoms with E-state index in [4.69, 9.17) is 10.8 Å². The van der Waals surface area contributed by atoms with Gasteiger partial charge in [0.05, 0.1) is 5.56 Å². The maximum Gasteiger partial charge on any atom is 0.335 e. The predicted octanol–water partition coefficient (Wildman–Crippen LogP) is 0.675. The van der Waals surface area contributed by atoms with Gasteiger partial charge < -0.3 is 15.7 Å². The van der Waals surface area contributed by atoms with Crippen molar-refractivity contribution in [2.75, 3.05) is 24.5 Å². The normalized spacial score (nSPS) is 12.9. The van der Waals surface area contributed by atoms with Crippen molar-refractivity contribution in [2.45, 2.75) is 13.3 Å². The summed E-state index contributed by atoms with van der Waals surface area (Å²) >= 11 is 0. The third-order valence-electron chi connectivity index (χ3n) is 3.46. The van der Waals surface area contributed by atoms with E-state index in [0.29, 0.717) is 25.2 Å². The number of anilines is 1. The van der Waals surface area contributed by atoms with Gasteiger partial charge >= 0.3 is 12.0 Å². The fraction of sp³-hybridized carbons (Fsp3) is 0.357. The van der Waals surface area contributed by atoms with Crippen LogP contribution in [0.1, 0.15) is 22.8 Å². The zero-order valence-corrected chi connectivity index (χ0v) is 11.7. The van der Waals surface area contributed by atoms with Gasteiger partial charge in [0, 0.05) is 18.8 Å². The van der Waals surface area contributed by atoms with E-state index < -0.39 is 11.9 Å². The van der Waals surface area contributed by atoms with Gasteiger partial charge in [0.1, 0.15) is 6.54 Å². The number of carbonyl (C=O) groups excluding carboxylic acids is 2. The van der Waals surface area contributed by atoms with Crippen LogP contribution in [-0.2, 0) is 11.2 Å². The van der Waals surface area contributed by atoms with Gasteiger partial charge in [0.15, 0.2) is 0 Å². The van der Waals surface area contributed by atoms with E-state index in [0.717, 1.165) is 5.56 Å². The summed E-state index contributed by atoms with van der Waals surface area (Å²) in [4.78, 5) is 37.3. The molecule has 0 radical (unpaired) electrons. The molecule has 0 fully saturated rings. The highest BCUT2D eigenvalue weighted by Gasteiger charge is 2.29. The predicted molar refractivity (Wildman–Crippen MR) is 76.3 cm³/mol. The van der Waals surface area contributed by atoms with Crippen LogP contribution in [0.4, 0.5) is 10.5 Å². The minimum Gasteiger partial charge on any atom is -0.478 e. The molecule has 7 nitrogen and oxygen atoms in total. The molecule has 0 saturated carbocycles. The van der Waals surface area contributed by atoms with Crippen LogP contribution in [0.3, 0.4) is 0 Å². The molecule has 2 rings (SSSR count). The van der Waals surface area contributed by atoms with Crippen LogP contribution in [0.2, 0.25) is 0 Å². The first-order valence-corrected chi connectivity index (χ1v) is 6.65. The molecule has 0 aliphatic carbocycles. The van der Waals surface area contributed by atoms with Gasteiger partial charge in [0.2, 0.25) is 5.91 Å². The number of aromatic carboxylic acids is 1. The van der Waals surface area contributed by atoms with Gasteiger partial charge in [-0.3, -0.25) is 9.69 Å². The minimum absolute atomic E-state index is 0.131. The number of benzene rings is 1. The first kappa shape index (κ1) is 14.8. The number of urea groups is 1. The van der Waals surface area contributed by atoms with Crippen molar-refractivity contribution in [1.29, 1.82) is 0 Å². The van der Waals surface area contributed by atoms with Crippen LogP contribution in [-0.4, -0.2) is 47.5 Å². The Bertz CT molecular complexity index is 600. The molecule has 1 aliphatic rings. The summed E-state index contributed by atoms with van der Waals surface area (Å²) in [6, 6.07) is 4.39. The number of hydrogen-bond acceptors (Lipinski definition) is 3. The summed E-state index contributed by atoms with van der Waals surface area (Å²) in [5.41, 5.74) is 6.77. The van der Waals surface area contributed by atoms with E-state index in [2.05, 4.69) is 0 Å². The average Bonchev–Trinajstić information content (AvgIpc) is 2.86. The van der Waals surface area contributed by atoms with Gasteiger partial charge in [-0.2, -0.15) is 0 Å². The Morgan fingerprint density at radius 3 is 2.67 bits per heavy atom. The molecular weight excluding hydrogens is 274 g/mol. The van der Waals surface area contributed by atoms with E-state index in [-0.39, 0.29) is 18.1 Å². The van der Waals surface area contributed by atoms with Crippen LogP contribution in [0, 0.1) is 0 Å². The molecule has 3 amide bonds. The molecule has 112 valence electrons. The summed E-state index contributed by atoms with van der Waals surface area (Å²) in [5.74, 6) is -1.62. The smallest absolute Gasteiger partial charge is 0.335 e. The molecule has 1 aliphatic heterocycles. The van der Waals surface area contributed by atoms with Crippen LogP contribution in [0.25, 0.3) is 0 Å². The Morgan fingerprint density at radius 2 is 2.10 bits per heavy atom. The lowest BCUT2D eigenvalue weighted by Crippen LogP contribution is -2.46. The van der Waals surface area contributed by atoms with Gasteiger partial charge in [-0.15, -0.1) is 0 Å². The van der Waals surface area contributed by atoms with Crippen molar-refractivity contribution in [1.82, 2.24) is 4.90 Å². The molecule has 0 spiro atoms. The lowest BCUT2D eigenvalue weighted by Gasteiger charge is -2.26. The number of likely N-dealkylation sites (N-methyl/N-ethyl adjacent to an activating group) is 1. The maximum absolute atomic E-state index is 12.5. The van der Waals surface area contributed by atoms with Crippen molar-refractivity contribution >= 4 is 23.6 Å². The number of rotatable bonds is 4. The molecule has 3 N–H and O–H groups in total. The Kier molecular flexibility index (Phi) is 4.11. The van der Waals surface area contributed by atoms with Gasteiger partial charge in [0.25, 0.3) is 0 Å². The topological polar surface area (TPSA) is 104 Å². The molecule has 1 aromatic rings. The molecule has 7 heteroatoms. The molecule has 0 bridgehead atoms. The second-order valence-corrected chi connectivity index (χ2v) is 4.81. The standard InChI is InChI=1S/C14H17N3O4/c1-2-16(8-12(15)18)14(21)17-6-5-9-3-4-10(13(19)20)7-11(9)17/h3-4,7H,2,5-6,8H2,1H3,(H2,15,18)(H,19,20). The SMILES string of the molecule is CCN(CC(N)=O)C(=O)N1CCc2ccc(C(=O)O)cc21. The molecule has 1 heterocycles. The highest BCUT2D eigenvalue weighted by Crippen LogP contribution is 2.30. The fourth-order valence-electron chi connectivity index (χ4n) is 2.38. The second-order valence-electron chi connectivity index (χ2n) is 4.81. The van der Waals surface area contributed by atoms with Gasteiger partial charge in [-0.1, -0.05) is 6.07 Å². The first-order chi connectivity index (χ1) is 9.93. The summed E-state index contributed by atoms with van der Waals surface area (Å²) in [6.07, 6.45) is 0.662. The molecule has 0 atom stereocenters. The number of primary amides is 1. The van der Waals surface area contributed by atoms with E-state index in [1.807, 2.05) is 0 Å². The molecule has 0 unspecified atom stereocenters. The van der Waals surface area contributed by atoms with E-state index in [1.165, 1.54) is 21.9 Å². The lowest BCUT2D eigenvalue weighted by atomic mass is 10.1. The first-order valence-electron chi connectivity index (χ1n) is 6.65. The Labute approximate surface area is 121 Å². The van der Waals surface area contributed by atoms with E-state index in [1.54, 1.807) is 13.0 Å². The highest BCUT2D eigenvalue weighted by atomic mass is 16.4. The monoisotopic (exact) mass is 291 g/mol. The van der Waals surface area contributed by atoms with Crippen LogP contribution >= 0.6 is 0 Å². The molecule has 0 aromatic heterocycles. The maximum atomic E-state index is 12.5.